The summed E-state index contributed by atoms with van der Waals surface area (Å²) in [6, 6.07) is 6.38. The second kappa shape index (κ2) is 12.4. The van der Waals surface area contributed by atoms with Crippen molar-refractivity contribution in [2.75, 3.05) is 31.5 Å². The molecule has 1 aromatic carbocycles. The number of anilines is 1. The first-order valence-corrected chi connectivity index (χ1v) is 9.32. The van der Waals surface area contributed by atoms with Crippen molar-refractivity contribution >= 4 is 52.6 Å². The number of thiazole rings is 1. The summed E-state index contributed by atoms with van der Waals surface area (Å²) in [5.41, 5.74) is 0.934. The van der Waals surface area contributed by atoms with Gasteiger partial charge in [0.2, 0.25) is 0 Å². The quantitative estimate of drug-likeness (QED) is 0.121. The lowest BCUT2D eigenvalue weighted by Gasteiger charge is -2.12. The maximum absolute atomic E-state index is 10.6. The Bertz CT molecular complexity index is 735. The molecule has 0 fully saturated rings. The van der Waals surface area contributed by atoms with Gasteiger partial charge in [0.1, 0.15) is 0 Å². The minimum absolute atomic E-state index is 0. The third-order valence-electron chi connectivity index (χ3n) is 3.43. The minimum Gasteiger partial charge on any atom is -0.383 e. The van der Waals surface area contributed by atoms with Crippen molar-refractivity contribution in [2.45, 2.75) is 20.3 Å². The topological polar surface area (TPSA) is 104 Å². The number of nitro benzene ring substituents is 1. The zero-order valence-electron chi connectivity index (χ0n) is 15.4. The molecule has 0 spiro atoms. The number of rotatable bonds is 9. The van der Waals surface area contributed by atoms with Crippen molar-refractivity contribution in [3.05, 3.63) is 50.5 Å². The van der Waals surface area contributed by atoms with Crippen molar-refractivity contribution in [1.29, 1.82) is 0 Å². The van der Waals surface area contributed by atoms with E-state index in [0.29, 0.717) is 19.6 Å². The molecule has 3 N–H and O–H groups in total. The van der Waals surface area contributed by atoms with Crippen LogP contribution in [0.4, 0.5) is 11.4 Å². The first-order valence-electron chi connectivity index (χ1n) is 8.50. The third kappa shape index (κ3) is 8.52. The second-order valence-electron chi connectivity index (χ2n) is 5.53. The van der Waals surface area contributed by atoms with Gasteiger partial charge in [-0.25, -0.2) is 4.98 Å². The fourth-order valence-electron chi connectivity index (χ4n) is 2.21. The summed E-state index contributed by atoms with van der Waals surface area (Å²) in [5, 5.41) is 21.4. The van der Waals surface area contributed by atoms with E-state index in [4.69, 9.17) is 0 Å². The Labute approximate surface area is 180 Å². The van der Waals surface area contributed by atoms with E-state index in [2.05, 4.69) is 25.9 Å². The van der Waals surface area contributed by atoms with Gasteiger partial charge in [-0.3, -0.25) is 15.1 Å². The van der Waals surface area contributed by atoms with Crippen LogP contribution in [-0.2, 0) is 6.42 Å². The maximum Gasteiger partial charge on any atom is 0.269 e. The van der Waals surface area contributed by atoms with Gasteiger partial charge in [-0.05, 0) is 26.0 Å². The fourth-order valence-corrected chi connectivity index (χ4v) is 2.99. The number of nitrogens with one attached hydrogen (secondary N) is 3. The lowest BCUT2D eigenvalue weighted by Crippen LogP contribution is -2.39. The summed E-state index contributed by atoms with van der Waals surface area (Å²) in [4.78, 5) is 20.3. The Morgan fingerprint density at radius 1 is 1.26 bits per heavy atom. The molecule has 148 valence electrons. The summed E-state index contributed by atoms with van der Waals surface area (Å²) in [6.45, 7) is 6.90. The van der Waals surface area contributed by atoms with Crippen LogP contribution in [0, 0.1) is 17.0 Å². The first kappa shape index (κ1) is 23.1. The minimum atomic E-state index is -0.405. The molecule has 0 saturated carbocycles. The number of aryl methyl sites for hydroxylation is 1. The number of nitrogens with zero attached hydrogens (tertiary/aromatic N) is 3. The largest absolute Gasteiger partial charge is 0.383 e. The molecule has 1 heterocycles. The van der Waals surface area contributed by atoms with Gasteiger partial charge in [0.05, 0.1) is 9.93 Å². The van der Waals surface area contributed by atoms with Crippen molar-refractivity contribution < 1.29 is 4.92 Å². The van der Waals surface area contributed by atoms with E-state index in [0.717, 1.165) is 29.6 Å². The lowest BCUT2D eigenvalue weighted by molar-refractivity contribution is -0.384. The highest BCUT2D eigenvalue weighted by molar-refractivity contribution is 14.0. The third-order valence-corrected chi connectivity index (χ3v) is 4.41. The molecule has 0 atom stereocenters. The van der Waals surface area contributed by atoms with Crippen molar-refractivity contribution in [1.82, 2.24) is 15.6 Å². The lowest BCUT2D eigenvalue weighted by atomic mass is 10.3. The monoisotopic (exact) mass is 504 g/mol. The highest BCUT2D eigenvalue weighted by atomic mass is 127. The van der Waals surface area contributed by atoms with E-state index in [1.54, 1.807) is 23.5 Å². The van der Waals surface area contributed by atoms with Gasteiger partial charge >= 0.3 is 0 Å². The van der Waals surface area contributed by atoms with Crippen LogP contribution in [0.5, 0.6) is 0 Å². The number of hydrogen-bond acceptors (Lipinski definition) is 6. The molecule has 10 heteroatoms. The molecular formula is C17H25IN6O2S. The summed E-state index contributed by atoms with van der Waals surface area (Å²) in [6.07, 6.45) is 2.72. The molecule has 0 bridgehead atoms. The fraction of sp³-hybridized carbons (Fsp3) is 0.412. The van der Waals surface area contributed by atoms with Crippen molar-refractivity contribution in [2.24, 2.45) is 4.99 Å². The van der Waals surface area contributed by atoms with Crippen molar-refractivity contribution in [3.8, 4) is 0 Å². The van der Waals surface area contributed by atoms with Crippen LogP contribution in [0.25, 0.3) is 0 Å². The van der Waals surface area contributed by atoms with Gasteiger partial charge in [0.25, 0.3) is 5.69 Å². The van der Waals surface area contributed by atoms with E-state index >= 15 is 0 Å². The van der Waals surface area contributed by atoms with Crippen LogP contribution in [0.2, 0.25) is 0 Å². The van der Waals surface area contributed by atoms with Gasteiger partial charge in [0.15, 0.2) is 5.96 Å². The molecule has 2 rings (SSSR count). The predicted molar refractivity (Wildman–Crippen MR) is 122 cm³/mol. The summed E-state index contributed by atoms with van der Waals surface area (Å²) >= 11 is 1.70. The number of halogens is 1. The molecule has 0 saturated heterocycles. The summed E-state index contributed by atoms with van der Waals surface area (Å²) in [7, 11) is 0. The number of nitro groups is 1. The SMILES string of the molecule is CCNC(=NCCc1ncc(C)s1)NCCNc1ccc([N+](=O)[O-])cc1.I. The van der Waals surface area contributed by atoms with E-state index < -0.39 is 4.92 Å². The predicted octanol–water partition coefficient (Wildman–Crippen LogP) is 3.19. The van der Waals surface area contributed by atoms with Crippen LogP contribution in [0.3, 0.4) is 0 Å². The average Bonchev–Trinajstić information content (AvgIpc) is 3.04. The molecular weight excluding hydrogens is 479 g/mol. The van der Waals surface area contributed by atoms with Crippen LogP contribution in [0.1, 0.15) is 16.8 Å². The van der Waals surface area contributed by atoms with Gasteiger partial charge in [-0.15, -0.1) is 35.3 Å². The van der Waals surface area contributed by atoms with E-state index in [9.17, 15) is 10.1 Å². The number of guanidine groups is 1. The van der Waals surface area contributed by atoms with Crippen molar-refractivity contribution in [3.63, 3.8) is 0 Å². The summed E-state index contributed by atoms with van der Waals surface area (Å²) < 4.78 is 0. The molecule has 2 aromatic rings. The smallest absolute Gasteiger partial charge is 0.269 e. The zero-order valence-corrected chi connectivity index (χ0v) is 18.5. The molecule has 0 amide bonds. The Hall–Kier alpha value is -1.95. The Morgan fingerprint density at radius 3 is 2.59 bits per heavy atom. The highest BCUT2D eigenvalue weighted by Gasteiger charge is 2.03. The van der Waals surface area contributed by atoms with E-state index in [1.807, 2.05) is 20.0 Å². The van der Waals surface area contributed by atoms with Gasteiger partial charge in [-0.1, -0.05) is 0 Å². The van der Waals surface area contributed by atoms with E-state index in [1.165, 1.54) is 17.0 Å². The molecule has 8 nitrogen and oxygen atoms in total. The van der Waals surface area contributed by atoms with E-state index in [-0.39, 0.29) is 29.7 Å². The number of aliphatic imine (C=N–C) groups is 1. The van der Waals surface area contributed by atoms with Gasteiger partial charge in [-0.2, -0.15) is 0 Å². The number of hydrogen-bond donors (Lipinski definition) is 3. The molecule has 0 aliphatic rings. The van der Waals surface area contributed by atoms with Gasteiger partial charge in [0, 0.05) is 61.5 Å². The van der Waals surface area contributed by atoms with Crippen LogP contribution < -0.4 is 16.0 Å². The Balaban J connectivity index is 0.00000364. The van der Waals surface area contributed by atoms with Crippen LogP contribution in [0.15, 0.2) is 35.5 Å². The molecule has 0 aliphatic carbocycles. The van der Waals surface area contributed by atoms with Crippen LogP contribution in [-0.4, -0.2) is 42.0 Å². The molecule has 0 radical (unpaired) electrons. The maximum atomic E-state index is 10.6. The Kier molecular flexibility index (Phi) is 10.6. The summed E-state index contributed by atoms with van der Waals surface area (Å²) in [5.74, 6) is 0.770. The second-order valence-corrected chi connectivity index (χ2v) is 6.85. The normalized spacial score (nSPS) is 10.8. The molecule has 1 aromatic heterocycles. The zero-order chi connectivity index (χ0) is 18.8. The highest BCUT2D eigenvalue weighted by Crippen LogP contribution is 2.15. The Morgan fingerprint density at radius 2 is 2.00 bits per heavy atom. The average molecular weight is 504 g/mol. The van der Waals surface area contributed by atoms with Gasteiger partial charge < -0.3 is 16.0 Å². The molecule has 0 unspecified atom stereocenters. The number of benzene rings is 1. The first-order chi connectivity index (χ1) is 12.6. The molecule has 27 heavy (non-hydrogen) atoms. The number of non-ortho nitro benzene ring substituents is 1. The molecule has 0 aliphatic heterocycles. The standard InChI is InChI=1S/C17H24N6O2S.HI/c1-3-18-17(20-9-8-16-22-12-13(2)26-16)21-11-10-19-14-4-6-15(7-5-14)23(24)25;/h4-7,12,19H,3,8-11H2,1-2H3,(H2,18,20,21);1H. The van der Waals surface area contributed by atoms with Crippen LogP contribution >= 0.6 is 35.3 Å². The number of aromatic nitrogens is 1.